The van der Waals surface area contributed by atoms with Gasteiger partial charge in [-0.25, -0.2) is 9.78 Å². The first-order chi connectivity index (χ1) is 13.9. The number of carboxylic acids is 1. The second-order valence-electron chi connectivity index (χ2n) is 7.77. The van der Waals surface area contributed by atoms with Gasteiger partial charge in [0.25, 0.3) is 0 Å². The monoisotopic (exact) mass is 414 g/mol. The maximum atomic E-state index is 13.1. The van der Waals surface area contributed by atoms with Gasteiger partial charge in [0.1, 0.15) is 0 Å². The second-order valence-corrected chi connectivity index (χ2v) is 8.83. The average molecular weight is 415 g/mol. The van der Waals surface area contributed by atoms with Crippen LogP contribution in [-0.4, -0.2) is 60.2 Å². The lowest BCUT2D eigenvalue weighted by Crippen LogP contribution is -2.32. The lowest BCUT2D eigenvalue weighted by molar-refractivity contribution is -0.136. The van der Waals surface area contributed by atoms with Crippen LogP contribution in [0.4, 0.5) is 15.6 Å². The van der Waals surface area contributed by atoms with Crippen molar-refractivity contribution in [2.75, 3.05) is 43.0 Å². The number of carbonyl (C=O) groups excluding carboxylic acids is 1. The number of aromatic nitrogens is 1. The van der Waals surface area contributed by atoms with Gasteiger partial charge in [-0.05, 0) is 44.0 Å². The summed E-state index contributed by atoms with van der Waals surface area (Å²) < 4.78 is 0. The molecule has 0 saturated carbocycles. The second kappa shape index (κ2) is 8.12. The van der Waals surface area contributed by atoms with Crippen LogP contribution in [0.15, 0.2) is 18.2 Å². The molecule has 1 aromatic heterocycles. The number of rotatable bonds is 5. The van der Waals surface area contributed by atoms with Gasteiger partial charge < -0.3 is 10.0 Å². The number of benzene rings is 1. The third-order valence-corrected chi connectivity index (χ3v) is 6.82. The molecule has 0 unspecified atom stereocenters. The van der Waals surface area contributed by atoms with E-state index in [9.17, 15) is 9.59 Å². The summed E-state index contributed by atoms with van der Waals surface area (Å²) in [5.41, 5.74) is 3.99. The molecule has 2 aliphatic rings. The summed E-state index contributed by atoms with van der Waals surface area (Å²) >= 11 is 1.65. The van der Waals surface area contributed by atoms with Crippen molar-refractivity contribution < 1.29 is 14.7 Å². The largest absolute Gasteiger partial charge is 0.481 e. The fourth-order valence-electron chi connectivity index (χ4n) is 3.94. The number of hydrogen-bond acceptors (Lipinski definition) is 5. The van der Waals surface area contributed by atoms with Gasteiger partial charge in [-0.2, -0.15) is 0 Å². The van der Waals surface area contributed by atoms with Crippen molar-refractivity contribution in [2.24, 2.45) is 0 Å². The highest BCUT2D eigenvalue weighted by Crippen LogP contribution is 2.33. The SMILES string of the molecule is Cc1cc(CCC(=O)O)ccc1N1CCN(c2nc3c(s2)CCN(C)CC3)C1=O. The third kappa shape index (κ3) is 4.13. The highest BCUT2D eigenvalue weighted by Gasteiger charge is 2.34. The van der Waals surface area contributed by atoms with E-state index < -0.39 is 5.97 Å². The molecule has 3 heterocycles. The summed E-state index contributed by atoms with van der Waals surface area (Å²) in [6, 6.07) is 5.80. The molecule has 0 aliphatic carbocycles. The van der Waals surface area contributed by atoms with Gasteiger partial charge in [-0.1, -0.05) is 12.1 Å². The Bertz CT molecular complexity index is 917. The van der Waals surface area contributed by atoms with E-state index in [0.717, 1.165) is 53.6 Å². The molecule has 1 N–H and O–H groups in total. The van der Waals surface area contributed by atoms with E-state index in [-0.39, 0.29) is 12.5 Å². The summed E-state index contributed by atoms with van der Waals surface area (Å²) in [6.45, 7) is 5.26. The lowest BCUT2D eigenvalue weighted by atomic mass is 10.0. The molecular weight excluding hydrogens is 388 g/mol. The number of aryl methyl sites for hydroxylation is 2. The summed E-state index contributed by atoms with van der Waals surface area (Å²) in [4.78, 5) is 35.9. The molecule has 1 fully saturated rings. The van der Waals surface area contributed by atoms with E-state index >= 15 is 0 Å². The van der Waals surface area contributed by atoms with Crippen molar-refractivity contribution in [1.82, 2.24) is 9.88 Å². The molecule has 0 radical (unpaired) electrons. The van der Waals surface area contributed by atoms with Crippen molar-refractivity contribution in [3.63, 3.8) is 0 Å². The topological polar surface area (TPSA) is 77.0 Å². The van der Waals surface area contributed by atoms with E-state index in [1.54, 1.807) is 21.1 Å². The van der Waals surface area contributed by atoms with Gasteiger partial charge in [0.2, 0.25) is 0 Å². The zero-order chi connectivity index (χ0) is 20.5. The average Bonchev–Trinajstić information content (AvgIpc) is 3.21. The zero-order valence-electron chi connectivity index (χ0n) is 16.8. The number of aliphatic carboxylic acids is 1. The molecule has 0 atom stereocenters. The van der Waals surface area contributed by atoms with E-state index in [1.165, 1.54) is 4.88 Å². The first-order valence-electron chi connectivity index (χ1n) is 10.00. The molecule has 7 nitrogen and oxygen atoms in total. The normalized spacial score (nSPS) is 17.5. The Morgan fingerprint density at radius 3 is 2.69 bits per heavy atom. The molecular formula is C21H26N4O3S. The molecule has 2 aliphatic heterocycles. The zero-order valence-corrected chi connectivity index (χ0v) is 17.7. The van der Waals surface area contributed by atoms with Crippen LogP contribution in [0.2, 0.25) is 0 Å². The van der Waals surface area contributed by atoms with Crippen LogP contribution < -0.4 is 9.80 Å². The Morgan fingerprint density at radius 2 is 1.93 bits per heavy atom. The van der Waals surface area contributed by atoms with Crippen molar-refractivity contribution in [3.8, 4) is 0 Å². The van der Waals surface area contributed by atoms with Crippen LogP contribution in [0.3, 0.4) is 0 Å². The van der Waals surface area contributed by atoms with Crippen LogP contribution in [0, 0.1) is 6.92 Å². The van der Waals surface area contributed by atoms with Crippen molar-refractivity contribution in [3.05, 3.63) is 39.9 Å². The maximum absolute atomic E-state index is 13.1. The van der Waals surface area contributed by atoms with Crippen LogP contribution in [0.1, 0.15) is 28.1 Å². The number of nitrogens with zero attached hydrogens (tertiary/aromatic N) is 4. The number of thiazole rings is 1. The number of carboxylic acid groups (broad SMARTS) is 1. The molecule has 1 saturated heterocycles. The molecule has 29 heavy (non-hydrogen) atoms. The Hall–Kier alpha value is -2.45. The van der Waals surface area contributed by atoms with E-state index in [1.807, 2.05) is 25.1 Å². The fraction of sp³-hybridized carbons (Fsp3) is 0.476. The minimum atomic E-state index is -0.800. The number of fused-ring (bicyclic) bond motifs is 1. The molecule has 0 spiro atoms. The van der Waals surface area contributed by atoms with E-state index in [0.29, 0.717) is 19.5 Å². The van der Waals surface area contributed by atoms with E-state index in [2.05, 4.69) is 11.9 Å². The first-order valence-corrected chi connectivity index (χ1v) is 10.8. The summed E-state index contributed by atoms with van der Waals surface area (Å²) in [5.74, 6) is -0.800. The van der Waals surface area contributed by atoms with Gasteiger partial charge in [0.05, 0.1) is 5.69 Å². The summed E-state index contributed by atoms with van der Waals surface area (Å²) in [6.07, 6.45) is 2.53. The van der Waals surface area contributed by atoms with Gasteiger partial charge in [-0.15, -0.1) is 11.3 Å². The first kappa shape index (κ1) is 19.8. The number of anilines is 2. The molecule has 1 aromatic carbocycles. The van der Waals surface area contributed by atoms with Crippen LogP contribution in [0.5, 0.6) is 0 Å². The minimum absolute atomic E-state index is 0.0348. The quantitative estimate of drug-likeness (QED) is 0.814. The van der Waals surface area contributed by atoms with Gasteiger partial charge in [0.15, 0.2) is 5.13 Å². The molecule has 154 valence electrons. The van der Waals surface area contributed by atoms with Crippen molar-refractivity contribution in [2.45, 2.75) is 32.6 Å². The molecule has 2 amide bonds. The predicted molar refractivity (Wildman–Crippen MR) is 114 cm³/mol. The Labute approximate surface area is 174 Å². The number of amides is 2. The minimum Gasteiger partial charge on any atom is -0.481 e. The fourth-order valence-corrected chi connectivity index (χ4v) is 5.06. The van der Waals surface area contributed by atoms with Crippen LogP contribution >= 0.6 is 11.3 Å². The lowest BCUT2D eigenvalue weighted by Gasteiger charge is -2.19. The molecule has 0 bridgehead atoms. The maximum Gasteiger partial charge on any atom is 0.330 e. The van der Waals surface area contributed by atoms with Crippen LogP contribution in [0.25, 0.3) is 0 Å². The molecule has 8 heteroatoms. The predicted octanol–water partition coefficient (Wildman–Crippen LogP) is 2.95. The van der Waals surface area contributed by atoms with Gasteiger partial charge in [-0.3, -0.25) is 14.6 Å². The number of carbonyl (C=O) groups is 2. The highest BCUT2D eigenvalue weighted by atomic mass is 32.1. The van der Waals surface area contributed by atoms with Crippen molar-refractivity contribution in [1.29, 1.82) is 0 Å². The Morgan fingerprint density at radius 1 is 1.17 bits per heavy atom. The standard InChI is InChI=1S/C21H26N4O3S/c1-14-13-15(4-6-19(26)27)3-5-17(14)24-11-12-25(21(24)28)20-22-16-7-9-23(2)10-8-18(16)29-20/h3,5,13H,4,6-12H2,1-2H3,(H,26,27). The summed E-state index contributed by atoms with van der Waals surface area (Å²) in [5, 5.41) is 9.68. The highest BCUT2D eigenvalue weighted by molar-refractivity contribution is 7.16. The number of hydrogen-bond donors (Lipinski definition) is 1. The smallest absolute Gasteiger partial charge is 0.330 e. The Kier molecular flexibility index (Phi) is 5.56. The van der Waals surface area contributed by atoms with Gasteiger partial charge in [0, 0.05) is 49.6 Å². The molecule has 4 rings (SSSR count). The molecule has 2 aromatic rings. The van der Waals surface area contributed by atoms with E-state index in [4.69, 9.17) is 10.1 Å². The van der Waals surface area contributed by atoms with Gasteiger partial charge >= 0.3 is 12.0 Å². The van der Waals surface area contributed by atoms with Crippen LogP contribution in [-0.2, 0) is 24.1 Å². The number of urea groups is 1. The number of likely N-dealkylation sites (N-methyl/N-ethyl adjacent to an activating group) is 1. The summed E-state index contributed by atoms with van der Waals surface area (Å²) in [7, 11) is 2.13. The van der Waals surface area contributed by atoms with Crippen molar-refractivity contribution >= 4 is 34.2 Å². The third-order valence-electron chi connectivity index (χ3n) is 5.64. The Balaban J connectivity index is 1.49.